The molecule has 0 aliphatic rings. The summed E-state index contributed by atoms with van der Waals surface area (Å²) in [6.07, 6.45) is 0. The molecule has 4 rings (SSSR count). The smallest absolute Gasteiger partial charge is 0.316 e. The highest BCUT2D eigenvalue weighted by Crippen LogP contribution is 2.32. The predicted molar refractivity (Wildman–Crippen MR) is 124 cm³/mol. The summed E-state index contributed by atoms with van der Waals surface area (Å²) in [6, 6.07) is 6.04. The van der Waals surface area contributed by atoms with Gasteiger partial charge in [-0.05, 0) is 30.8 Å². The van der Waals surface area contributed by atoms with Crippen molar-refractivity contribution in [1.82, 2.24) is 28.9 Å². The zero-order chi connectivity index (χ0) is 23.9. The van der Waals surface area contributed by atoms with Crippen molar-refractivity contribution in [2.75, 3.05) is 10.6 Å². The Labute approximate surface area is 194 Å². The molecule has 2 N–H and O–H groups in total. The fourth-order valence-corrected chi connectivity index (χ4v) is 4.74. The minimum Gasteiger partial charge on any atom is -0.316 e. The number of nitrogens with zero attached hydrogens (tertiary/aromatic N) is 6. The Balaban J connectivity index is 1.51. The number of anilines is 2. The van der Waals surface area contributed by atoms with Gasteiger partial charge in [-0.15, -0.1) is 10.2 Å². The fourth-order valence-electron chi connectivity index (χ4n) is 3.04. The van der Waals surface area contributed by atoms with E-state index in [1.54, 1.807) is 42.9 Å². The van der Waals surface area contributed by atoms with E-state index in [0.717, 1.165) is 27.7 Å². The van der Waals surface area contributed by atoms with E-state index in [-0.39, 0.29) is 22.1 Å². The standard InChI is InChI=1S/C19H18N8O4S2/c1-9(28)10-6-5-7-11(8-10)20-15(30)22-16-23-24-18(32-16)33-17-21-13-12(25(17)2)14(29)27(4)19(31)26(13)3/h5-8H,1-4H3,(H2,20,22,23,30). The van der Waals surface area contributed by atoms with Crippen molar-refractivity contribution in [2.24, 2.45) is 21.1 Å². The predicted octanol–water partition coefficient (Wildman–Crippen LogP) is 1.82. The molecule has 170 valence electrons. The molecule has 0 spiro atoms. The number of aryl methyl sites for hydroxylation is 2. The molecule has 0 unspecified atom stereocenters. The van der Waals surface area contributed by atoms with Crippen LogP contribution in [-0.4, -0.2) is 40.7 Å². The molecule has 0 aliphatic carbocycles. The summed E-state index contributed by atoms with van der Waals surface area (Å²) in [5.41, 5.74) is 0.591. The number of aromatic nitrogens is 6. The van der Waals surface area contributed by atoms with Crippen molar-refractivity contribution in [3.63, 3.8) is 0 Å². The lowest BCUT2D eigenvalue weighted by molar-refractivity contribution is 0.101. The number of fused-ring (bicyclic) bond motifs is 1. The second-order valence-electron chi connectivity index (χ2n) is 7.02. The summed E-state index contributed by atoms with van der Waals surface area (Å²) < 4.78 is 4.39. The van der Waals surface area contributed by atoms with Gasteiger partial charge in [0.15, 0.2) is 26.4 Å². The zero-order valence-corrected chi connectivity index (χ0v) is 19.6. The number of amides is 2. The molecule has 1 aromatic carbocycles. The van der Waals surface area contributed by atoms with Crippen molar-refractivity contribution < 1.29 is 9.59 Å². The van der Waals surface area contributed by atoms with Gasteiger partial charge in [0, 0.05) is 32.4 Å². The SMILES string of the molecule is CC(=O)c1cccc(NC(=O)Nc2nnc(Sc3nc4c(c(=O)n(C)c(=O)n4C)n3C)s2)c1. The highest BCUT2D eigenvalue weighted by atomic mass is 32.2. The van der Waals surface area contributed by atoms with E-state index in [1.807, 2.05) is 0 Å². The van der Waals surface area contributed by atoms with Crippen LogP contribution in [0.25, 0.3) is 11.2 Å². The lowest BCUT2D eigenvalue weighted by Gasteiger charge is -2.06. The van der Waals surface area contributed by atoms with Gasteiger partial charge in [0.25, 0.3) is 5.56 Å². The van der Waals surface area contributed by atoms with E-state index in [4.69, 9.17) is 0 Å². The van der Waals surface area contributed by atoms with Crippen LogP contribution < -0.4 is 21.9 Å². The summed E-state index contributed by atoms with van der Waals surface area (Å²) >= 11 is 2.27. The third kappa shape index (κ3) is 4.29. The van der Waals surface area contributed by atoms with Gasteiger partial charge in [0.1, 0.15) is 0 Å². The van der Waals surface area contributed by atoms with E-state index < -0.39 is 17.3 Å². The Morgan fingerprint density at radius 1 is 1.03 bits per heavy atom. The molecule has 0 aliphatic heterocycles. The van der Waals surface area contributed by atoms with Crippen molar-refractivity contribution in [3.8, 4) is 0 Å². The minimum absolute atomic E-state index is 0.107. The summed E-state index contributed by atoms with van der Waals surface area (Å²) in [7, 11) is 4.63. The number of ketones is 1. The van der Waals surface area contributed by atoms with Crippen LogP contribution in [0.1, 0.15) is 17.3 Å². The van der Waals surface area contributed by atoms with Gasteiger partial charge < -0.3 is 9.88 Å². The van der Waals surface area contributed by atoms with Gasteiger partial charge in [0.05, 0.1) is 0 Å². The summed E-state index contributed by atoms with van der Waals surface area (Å²) in [5.74, 6) is -0.107. The molecular weight excluding hydrogens is 468 g/mol. The van der Waals surface area contributed by atoms with Crippen molar-refractivity contribution in [3.05, 3.63) is 50.7 Å². The van der Waals surface area contributed by atoms with Crippen LogP contribution in [0.3, 0.4) is 0 Å². The number of urea groups is 1. The normalized spacial score (nSPS) is 11.0. The molecule has 12 nitrogen and oxygen atoms in total. The zero-order valence-electron chi connectivity index (χ0n) is 17.9. The molecule has 0 fully saturated rings. The topological polar surface area (TPSA) is 146 Å². The van der Waals surface area contributed by atoms with E-state index in [9.17, 15) is 19.2 Å². The van der Waals surface area contributed by atoms with Crippen LogP contribution in [0.5, 0.6) is 0 Å². The number of nitrogens with one attached hydrogen (secondary N) is 2. The van der Waals surface area contributed by atoms with E-state index in [0.29, 0.717) is 20.7 Å². The largest absolute Gasteiger partial charge is 0.332 e. The number of hydrogen-bond donors (Lipinski definition) is 2. The Kier molecular flexibility index (Phi) is 5.86. The first-order chi connectivity index (χ1) is 15.7. The van der Waals surface area contributed by atoms with Crippen LogP contribution in [0, 0.1) is 0 Å². The summed E-state index contributed by atoms with van der Waals surface area (Å²) in [6.45, 7) is 1.45. The quantitative estimate of drug-likeness (QED) is 0.321. The number of imidazole rings is 1. The average molecular weight is 487 g/mol. The van der Waals surface area contributed by atoms with Crippen LogP contribution in [0.2, 0.25) is 0 Å². The van der Waals surface area contributed by atoms with E-state index in [2.05, 4.69) is 25.8 Å². The molecule has 3 aromatic heterocycles. The number of carbonyl (C=O) groups is 2. The number of hydrogen-bond acceptors (Lipinski definition) is 9. The van der Waals surface area contributed by atoms with Gasteiger partial charge in [-0.2, -0.15) is 0 Å². The molecule has 0 saturated heterocycles. The van der Waals surface area contributed by atoms with Crippen molar-refractivity contribution >= 4 is 56.9 Å². The first kappa shape index (κ1) is 22.4. The number of rotatable bonds is 5. The maximum Gasteiger partial charge on any atom is 0.332 e. The lowest BCUT2D eigenvalue weighted by atomic mass is 10.1. The molecule has 2 amide bonds. The molecule has 0 radical (unpaired) electrons. The Morgan fingerprint density at radius 3 is 2.52 bits per heavy atom. The molecular formula is C19H18N8O4S2. The third-order valence-electron chi connectivity index (χ3n) is 4.77. The monoisotopic (exact) mass is 486 g/mol. The Bertz CT molecular complexity index is 1530. The second kappa shape index (κ2) is 8.63. The van der Waals surface area contributed by atoms with Crippen LogP contribution >= 0.6 is 23.1 Å². The number of Topliss-reactive ketones (excluding diaryl/α,β-unsaturated/α-hetero) is 1. The Morgan fingerprint density at radius 2 is 1.79 bits per heavy atom. The number of benzene rings is 1. The molecule has 0 bridgehead atoms. The molecule has 14 heteroatoms. The highest BCUT2D eigenvalue weighted by Gasteiger charge is 2.19. The van der Waals surface area contributed by atoms with Crippen LogP contribution in [-0.2, 0) is 21.1 Å². The molecule has 3 heterocycles. The molecule has 4 aromatic rings. The van der Waals surface area contributed by atoms with Gasteiger partial charge >= 0.3 is 11.7 Å². The maximum atomic E-state index is 12.5. The second-order valence-corrected chi connectivity index (χ2v) is 9.21. The van der Waals surface area contributed by atoms with Crippen molar-refractivity contribution in [1.29, 1.82) is 0 Å². The lowest BCUT2D eigenvalue weighted by Crippen LogP contribution is -2.37. The first-order valence-electron chi connectivity index (χ1n) is 9.48. The van der Waals surface area contributed by atoms with Crippen LogP contribution in [0.4, 0.5) is 15.6 Å². The summed E-state index contributed by atoms with van der Waals surface area (Å²) in [4.78, 5) is 52.8. The fraction of sp³-hybridized carbons (Fsp3) is 0.211. The van der Waals surface area contributed by atoms with Crippen molar-refractivity contribution in [2.45, 2.75) is 16.4 Å². The summed E-state index contributed by atoms with van der Waals surface area (Å²) in [5, 5.41) is 13.9. The van der Waals surface area contributed by atoms with Crippen LogP contribution in [0.15, 0.2) is 43.4 Å². The van der Waals surface area contributed by atoms with E-state index >= 15 is 0 Å². The first-order valence-corrected chi connectivity index (χ1v) is 11.1. The van der Waals surface area contributed by atoms with Gasteiger partial charge in [-0.1, -0.05) is 23.5 Å². The molecule has 0 atom stereocenters. The maximum absolute atomic E-state index is 12.5. The van der Waals surface area contributed by atoms with Gasteiger partial charge in [0.2, 0.25) is 5.13 Å². The van der Waals surface area contributed by atoms with Gasteiger partial charge in [-0.25, -0.2) is 14.6 Å². The number of carbonyl (C=O) groups excluding carboxylic acids is 2. The van der Waals surface area contributed by atoms with Gasteiger partial charge in [-0.3, -0.25) is 24.0 Å². The van der Waals surface area contributed by atoms with E-state index in [1.165, 1.54) is 18.5 Å². The molecule has 0 saturated carbocycles. The molecule has 33 heavy (non-hydrogen) atoms. The average Bonchev–Trinajstić information content (AvgIpc) is 3.35. The Hall–Kier alpha value is -3.78. The minimum atomic E-state index is -0.537. The third-order valence-corrected chi connectivity index (χ3v) is 6.70. The highest BCUT2D eigenvalue weighted by molar-refractivity contribution is 8.01.